The van der Waals surface area contributed by atoms with Gasteiger partial charge in [0.15, 0.2) is 0 Å². The lowest BCUT2D eigenvalue weighted by Crippen LogP contribution is -2.12. The average molecular weight is 294 g/mol. The third-order valence-electron chi connectivity index (χ3n) is 2.72. The summed E-state index contributed by atoms with van der Waals surface area (Å²) in [6.07, 6.45) is 3.95. The monoisotopic (exact) mass is 293 g/mol. The van der Waals surface area contributed by atoms with Crippen molar-refractivity contribution in [2.24, 2.45) is 0 Å². The molecule has 1 aromatic carbocycles. The van der Waals surface area contributed by atoms with Crippen molar-refractivity contribution in [3.8, 4) is 11.8 Å². The van der Waals surface area contributed by atoms with Gasteiger partial charge in [0.05, 0.1) is 12.3 Å². The number of carbonyl (C=O) groups excluding carboxylic acids is 1. The summed E-state index contributed by atoms with van der Waals surface area (Å²) >= 11 is 5.94. The summed E-state index contributed by atoms with van der Waals surface area (Å²) in [4.78, 5) is 11.8. The second-order valence-corrected chi connectivity index (χ2v) is 4.91. The van der Waals surface area contributed by atoms with Crippen molar-refractivity contribution in [2.75, 3.05) is 11.9 Å². The van der Waals surface area contributed by atoms with Gasteiger partial charge in [-0.25, -0.2) is 0 Å². The Balaban J connectivity index is 2.74. The van der Waals surface area contributed by atoms with E-state index in [2.05, 4.69) is 24.1 Å². The molecule has 0 heterocycles. The highest BCUT2D eigenvalue weighted by Gasteiger charge is 2.06. The van der Waals surface area contributed by atoms with Crippen LogP contribution in [0.2, 0.25) is 5.02 Å². The minimum Gasteiger partial charge on any atom is -0.395 e. The number of carbonyl (C=O) groups is 1. The maximum absolute atomic E-state index is 11.8. The number of amides is 1. The van der Waals surface area contributed by atoms with Gasteiger partial charge < -0.3 is 10.4 Å². The van der Waals surface area contributed by atoms with Crippen molar-refractivity contribution in [3.63, 3.8) is 0 Å². The van der Waals surface area contributed by atoms with Gasteiger partial charge in [0.1, 0.15) is 0 Å². The third kappa shape index (κ3) is 6.10. The van der Waals surface area contributed by atoms with E-state index in [-0.39, 0.29) is 12.5 Å². The molecular weight excluding hydrogens is 274 g/mol. The van der Waals surface area contributed by atoms with Crippen LogP contribution in [0.4, 0.5) is 5.69 Å². The van der Waals surface area contributed by atoms with Crippen LogP contribution in [0.15, 0.2) is 18.2 Å². The van der Waals surface area contributed by atoms with Crippen molar-refractivity contribution in [2.45, 2.75) is 39.0 Å². The molecule has 0 saturated heterocycles. The van der Waals surface area contributed by atoms with E-state index in [0.29, 0.717) is 29.1 Å². The molecule has 0 aliphatic carbocycles. The first-order valence-electron chi connectivity index (χ1n) is 6.86. The quantitative estimate of drug-likeness (QED) is 0.622. The molecule has 3 nitrogen and oxygen atoms in total. The van der Waals surface area contributed by atoms with Crippen molar-refractivity contribution < 1.29 is 9.90 Å². The van der Waals surface area contributed by atoms with Crippen LogP contribution in [0.25, 0.3) is 0 Å². The van der Waals surface area contributed by atoms with Gasteiger partial charge in [0.25, 0.3) is 0 Å². The van der Waals surface area contributed by atoms with Gasteiger partial charge >= 0.3 is 0 Å². The molecule has 1 rings (SSSR count). The first kappa shape index (κ1) is 16.6. The Morgan fingerprint density at radius 1 is 1.40 bits per heavy atom. The smallest absolute Gasteiger partial charge is 0.224 e. The predicted octanol–water partition coefficient (Wildman–Crippen LogP) is 3.59. The largest absolute Gasteiger partial charge is 0.395 e. The van der Waals surface area contributed by atoms with Gasteiger partial charge in [-0.15, -0.1) is 0 Å². The van der Waals surface area contributed by atoms with E-state index < -0.39 is 0 Å². The lowest BCUT2D eigenvalue weighted by Gasteiger charge is -2.08. The fourth-order valence-electron chi connectivity index (χ4n) is 1.69. The van der Waals surface area contributed by atoms with E-state index in [1.54, 1.807) is 18.2 Å². The number of halogens is 1. The molecule has 0 spiro atoms. The van der Waals surface area contributed by atoms with Crippen LogP contribution in [0.5, 0.6) is 0 Å². The fourth-order valence-corrected chi connectivity index (χ4v) is 1.86. The number of hydrogen-bond acceptors (Lipinski definition) is 2. The van der Waals surface area contributed by atoms with Gasteiger partial charge in [-0.1, -0.05) is 43.2 Å². The van der Waals surface area contributed by atoms with E-state index in [4.69, 9.17) is 16.7 Å². The Labute approximate surface area is 125 Å². The number of anilines is 1. The summed E-state index contributed by atoms with van der Waals surface area (Å²) in [6.45, 7) is 2.12. The molecule has 0 aliphatic rings. The summed E-state index contributed by atoms with van der Waals surface area (Å²) in [5.74, 6) is 5.74. The first-order chi connectivity index (χ1) is 9.67. The van der Waals surface area contributed by atoms with Gasteiger partial charge in [0.2, 0.25) is 5.91 Å². The highest BCUT2D eigenvalue weighted by molar-refractivity contribution is 6.30. The molecule has 108 valence electrons. The number of benzene rings is 1. The standard InChI is InChI=1S/C16H20ClNO2/c1-2-3-4-8-16(20)18-15-10-9-14(17)12-13(15)7-5-6-11-19/h9-10,12,19H,2-4,6,8,11H2,1H3,(H,18,20). The van der Waals surface area contributed by atoms with Gasteiger partial charge in [-0.3, -0.25) is 4.79 Å². The SMILES string of the molecule is CCCCCC(=O)Nc1ccc(Cl)cc1C#CCCO. The van der Waals surface area contributed by atoms with Crippen LogP contribution in [0.3, 0.4) is 0 Å². The molecule has 0 radical (unpaired) electrons. The summed E-state index contributed by atoms with van der Waals surface area (Å²) < 4.78 is 0. The lowest BCUT2D eigenvalue weighted by atomic mass is 10.1. The van der Waals surface area contributed by atoms with Crippen molar-refractivity contribution in [1.29, 1.82) is 0 Å². The number of unbranched alkanes of at least 4 members (excludes halogenated alkanes) is 2. The zero-order valence-electron chi connectivity index (χ0n) is 11.7. The number of hydrogen-bond donors (Lipinski definition) is 2. The molecule has 4 heteroatoms. The van der Waals surface area contributed by atoms with Crippen molar-refractivity contribution in [3.05, 3.63) is 28.8 Å². The maximum atomic E-state index is 11.8. The van der Waals surface area contributed by atoms with Crippen LogP contribution in [0, 0.1) is 11.8 Å². The molecule has 0 aromatic heterocycles. The van der Waals surface area contributed by atoms with Crippen molar-refractivity contribution in [1.82, 2.24) is 0 Å². The normalized spacial score (nSPS) is 9.75. The second-order valence-electron chi connectivity index (χ2n) is 4.47. The van der Waals surface area contributed by atoms with E-state index in [1.807, 2.05) is 0 Å². The molecule has 1 amide bonds. The zero-order valence-corrected chi connectivity index (χ0v) is 12.5. The molecule has 1 aromatic rings. The zero-order chi connectivity index (χ0) is 14.8. The summed E-state index contributed by atoms with van der Waals surface area (Å²) in [7, 11) is 0. The fraction of sp³-hybridized carbons (Fsp3) is 0.438. The topological polar surface area (TPSA) is 49.3 Å². The molecule has 0 unspecified atom stereocenters. The molecule has 0 atom stereocenters. The number of aliphatic hydroxyl groups excluding tert-OH is 1. The first-order valence-corrected chi connectivity index (χ1v) is 7.24. The van der Waals surface area contributed by atoms with E-state index >= 15 is 0 Å². The van der Waals surface area contributed by atoms with Gasteiger partial charge in [-0.05, 0) is 24.6 Å². The minimum atomic E-state index is -0.00835. The Bertz CT molecular complexity index is 503. The average Bonchev–Trinajstić information content (AvgIpc) is 2.42. The molecule has 0 saturated carbocycles. The summed E-state index contributed by atoms with van der Waals surface area (Å²) in [5.41, 5.74) is 1.34. The highest BCUT2D eigenvalue weighted by atomic mass is 35.5. The molecular formula is C16H20ClNO2. The van der Waals surface area contributed by atoms with E-state index in [9.17, 15) is 4.79 Å². The lowest BCUT2D eigenvalue weighted by molar-refractivity contribution is -0.116. The second kappa shape index (κ2) is 9.41. The summed E-state index contributed by atoms with van der Waals surface area (Å²) in [6, 6.07) is 5.19. The third-order valence-corrected chi connectivity index (χ3v) is 2.96. The molecule has 0 bridgehead atoms. The van der Waals surface area contributed by atoms with Crippen LogP contribution in [-0.2, 0) is 4.79 Å². The molecule has 0 fully saturated rings. The Hall–Kier alpha value is -1.50. The molecule has 20 heavy (non-hydrogen) atoms. The Kier molecular flexibility index (Phi) is 7.79. The highest BCUT2D eigenvalue weighted by Crippen LogP contribution is 2.20. The van der Waals surface area contributed by atoms with E-state index in [0.717, 1.165) is 19.3 Å². The Morgan fingerprint density at radius 3 is 2.90 bits per heavy atom. The molecule has 0 aliphatic heterocycles. The van der Waals surface area contributed by atoms with Gasteiger partial charge in [0, 0.05) is 23.4 Å². The van der Waals surface area contributed by atoms with Crippen molar-refractivity contribution >= 4 is 23.2 Å². The van der Waals surface area contributed by atoms with Crippen LogP contribution < -0.4 is 5.32 Å². The number of nitrogens with one attached hydrogen (secondary N) is 1. The Morgan fingerprint density at radius 2 is 2.20 bits per heavy atom. The van der Waals surface area contributed by atoms with Crippen LogP contribution in [0.1, 0.15) is 44.6 Å². The van der Waals surface area contributed by atoms with Crippen LogP contribution >= 0.6 is 11.6 Å². The molecule has 2 N–H and O–H groups in total. The summed E-state index contributed by atoms with van der Waals surface area (Å²) in [5, 5.41) is 12.2. The maximum Gasteiger partial charge on any atom is 0.224 e. The van der Waals surface area contributed by atoms with Gasteiger partial charge in [-0.2, -0.15) is 0 Å². The van der Waals surface area contributed by atoms with E-state index in [1.165, 1.54) is 0 Å². The van der Waals surface area contributed by atoms with Crippen LogP contribution in [-0.4, -0.2) is 17.6 Å². The predicted molar refractivity (Wildman–Crippen MR) is 82.8 cm³/mol. The minimum absolute atomic E-state index is 0.00835. The number of aliphatic hydroxyl groups is 1. The number of rotatable bonds is 6.